The predicted molar refractivity (Wildman–Crippen MR) is 141 cm³/mol. The smallest absolute Gasteiger partial charge is 0.343 e. The van der Waals surface area contributed by atoms with Crippen LogP contribution >= 0.6 is 0 Å². The van der Waals surface area contributed by atoms with Gasteiger partial charge in [0.2, 0.25) is 15.9 Å². The number of hydrogen-bond acceptors (Lipinski definition) is 8. The normalized spacial score (nSPS) is 15.2. The van der Waals surface area contributed by atoms with Crippen molar-refractivity contribution in [1.29, 1.82) is 0 Å². The van der Waals surface area contributed by atoms with Gasteiger partial charge in [0.05, 0.1) is 22.8 Å². The summed E-state index contributed by atoms with van der Waals surface area (Å²) in [5.74, 6) is -1.84. The van der Waals surface area contributed by atoms with Crippen molar-refractivity contribution < 1.29 is 39.2 Å². The van der Waals surface area contributed by atoms with Crippen LogP contribution in [0, 0.1) is 18.7 Å². The van der Waals surface area contributed by atoms with E-state index in [0.29, 0.717) is 35.9 Å². The summed E-state index contributed by atoms with van der Waals surface area (Å²) in [4.78, 5) is 14.5. The van der Waals surface area contributed by atoms with E-state index in [1.165, 1.54) is 10.9 Å². The molecule has 0 aliphatic carbocycles. The quantitative estimate of drug-likeness (QED) is 0.353. The Bertz CT molecular complexity index is 1690. The number of rotatable bonds is 9. The number of tetrazole rings is 1. The third-order valence-corrected chi connectivity index (χ3v) is 9.82. The Morgan fingerprint density at radius 3 is 2.31 bits per heavy atom. The fourth-order valence-corrected chi connectivity index (χ4v) is 7.09. The Balaban J connectivity index is 1.36. The molecule has 2 aromatic carbocycles. The number of sulfonamides is 1. The number of aryl methyl sites for hydroxylation is 2. The van der Waals surface area contributed by atoms with Gasteiger partial charge in [0.25, 0.3) is 0 Å². The first-order valence-electron chi connectivity index (χ1n) is 12.8. The Labute approximate surface area is 239 Å². The number of aromatic nitrogens is 4. The fourth-order valence-electron chi connectivity index (χ4n) is 4.80. The van der Waals surface area contributed by atoms with Gasteiger partial charge in [0, 0.05) is 19.5 Å². The highest BCUT2D eigenvalue weighted by atomic mass is 32.2. The summed E-state index contributed by atoms with van der Waals surface area (Å²) >= 11 is 0. The lowest BCUT2D eigenvalue weighted by Crippen LogP contribution is -2.40. The highest BCUT2D eigenvalue weighted by molar-refractivity contribution is 7.91. The molecule has 4 rings (SSSR count). The number of nitrogens with two attached hydrogens (primary N) is 1. The zero-order valence-corrected chi connectivity index (χ0v) is 24.0. The first kappa shape index (κ1) is 31.5. The molecule has 17 heteroatoms. The van der Waals surface area contributed by atoms with E-state index in [1.54, 1.807) is 11.8 Å². The number of nitrogens with zero attached hydrogens (tertiary/aromatic N) is 5. The molecule has 11 nitrogen and oxygen atoms in total. The summed E-state index contributed by atoms with van der Waals surface area (Å²) in [6, 6.07) is 5.67. The molecule has 1 aromatic heterocycles. The molecule has 0 bridgehead atoms. The molecular formula is C25H28F4N6O5S2. The van der Waals surface area contributed by atoms with Gasteiger partial charge in [0.15, 0.2) is 15.7 Å². The molecule has 0 atom stereocenters. The molecule has 1 amide bonds. The largest absolute Gasteiger partial charge is 0.416 e. The number of sulfone groups is 1. The van der Waals surface area contributed by atoms with Crippen molar-refractivity contribution >= 4 is 25.8 Å². The Morgan fingerprint density at radius 2 is 1.74 bits per heavy atom. The predicted octanol–water partition coefficient (Wildman–Crippen LogP) is 2.48. The highest BCUT2D eigenvalue weighted by Crippen LogP contribution is 2.31. The second-order valence-electron chi connectivity index (χ2n) is 10.1. The Morgan fingerprint density at radius 1 is 1.05 bits per heavy atom. The molecule has 0 radical (unpaired) electrons. The standard InChI is InChI=1S/C25H28F4N6O5S2/c1-16-31-33-35(32-16)14-19-12-20(25(27,28)29)4-2-18(19)3-7-24(36)34-10-8-17(9-11-34)15-41(37,38)23-6-5-21(13-22(23)26)42(30,39)40/h2,4-6,12-13,17H,3,7-11,14-15H2,1H3,(H2,30,39,40). The van der Waals surface area contributed by atoms with Crippen LogP contribution in [-0.2, 0) is 43.8 Å². The molecule has 3 aromatic rings. The van der Waals surface area contributed by atoms with Crippen LogP contribution in [0.2, 0.25) is 0 Å². The maximum absolute atomic E-state index is 14.4. The first-order chi connectivity index (χ1) is 19.5. The highest BCUT2D eigenvalue weighted by Gasteiger charge is 2.32. The van der Waals surface area contributed by atoms with E-state index in [-0.39, 0.29) is 50.1 Å². The van der Waals surface area contributed by atoms with E-state index in [0.717, 1.165) is 24.3 Å². The van der Waals surface area contributed by atoms with E-state index in [9.17, 15) is 39.2 Å². The van der Waals surface area contributed by atoms with Crippen LogP contribution in [0.5, 0.6) is 0 Å². The monoisotopic (exact) mass is 632 g/mol. The molecule has 0 saturated carbocycles. The Hall–Kier alpha value is -3.44. The van der Waals surface area contributed by atoms with Crippen molar-refractivity contribution in [2.45, 2.75) is 55.1 Å². The molecule has 1 fully saturated rings. The molecule has 2 N–H and O–H groups in total. The van der Waals surface area contributed by atoms with Gasteiger partial charge >= 0.3 is 6.18 Å². The number of benzene rings is 2. The van der Waals surface area contributed by atoms with Crippen molar-refractivity contribution in [1.82, 2.24) is 25.1 Å². The van der Waals surface area contributed by atoms with Crippen LogP contribution in [0.15, 0.2) is 46.2 Å². The van der Waals surface area contributed by atoms with Crippen molar-refractivity contribution in [2.75, 3.05) is 18.8 Å². The topological polar surface area (TPSA) is 158 Å². The number of primary sulfonamides is 1. The van der Waals surface area contributed by atoms with Gasteiger partial charge in [-0.1, -0.05) is 6.07 Å². The molecule has 0 spiro atoms. The fraction of sp³-hybridized carbons (Fsp3) is 0.440. The van der Waals surface area contributed by atoms with E-state index in [2.05, 4.69) is 15.4 Å². The number of hydrogen-bond donors (Lipinski definition) is 1. The molecule has 1 saturated heterocycles. The Kier molecular flexibility index (Phi) is 9.03. The van der Waals surface area contributed by atoms with Crippen LogP contribution in [-0.4, -0.2) is 66.7 Å². The number of carbonyl (C=O) groups excluding carboxylic acids is 1. The zero-order chi connectivity index (χ0) is 30.9. The lowest BCUT2D eigenvalue weighted by atomic mass is 9.97. The molecule has 228 valence electrons. The molecule has 2 heterocycles. The summed E-state index contributed by atoms with van der Waals surface area (Å²) in [6.45, 7) is 2.06. The second kappa shape index (κ2) is 12.0. The van der Waals surface area contributed by atoms with Crippen LogP contribution < -0.4 is 5.14 Å². The van der Waals surface area contributed by atoms with Crippen LogP contribution in [0.25, 0.3) is 0 Å². The van der Waals surface area contributed by atoms with E-state index in [1.807, 2.05) is 0 Å². The van der Waals surface area contributed by atoms with Gasteiger partial charge in [-0.25, -0.2) is 26.4 Å². The summed E-state index contributed by atoms with van der Waals surface area (Å²) in [5, 5.41) is 16.5. The van der Waals surface area contributed by atoms with Crippen LogP contribution in [0.3, 0.4) is 0 Å². The van der Waals surface area contributed by atoms with Gasteiger partial charge in [-0.05, 0) is 78.8 Å². The third-order valence-electron chi connectivity index (χ3n) is 7.00. The number of carbonyl (C=O) groups is 1. The zero-order valence-electron chi connectivity index (χ0n) is 22.4. The van der Waals surface area contributed by atoms with Gasteiger partial charge in [-0.2, -0.15) is 18.0 Å². The minimum atomic E-state index is -4.55. The maximum Gasteiger partial charge on any atom is 0.416 e. The minimum absolute atomic E-state index is 0.0206. The molecular weight excluding hydrogens is 604 g/mol. The summed E-state index contributed by atoms with van der Waals surface area (Å²) in [7, 11) is -8.29. The summed E-state index contributed by atoms with van der Waals surface area (Å²) in [6.07, 6.45) is -3.68. The lowest BCUT2D eigenvalue weighted by Gasteiger charge is -2.32. The van der Waals surface area contributed by atoms with Crippen LogP contribution in [0.1, 0.15) is 41.8 Å². The third kappa shape index (κ3) is 7.69. The van der Waals surface area contributed by atoms with Crippen molar-refractivity contribution in [3.05, 3.63) is 64.7 Å². The SMILES string of the molecule is Cc1nnn(Cc2cc(C(F)(F)F)ccc2CCC(=O)N2CCC(CS(=O)(=O)c3ccc(S(N)(=O)=O)cc3F)CC2)n1. The molecule has 42 heavy (non-hydrogen) atoms. The minimum Gasteiger partial charge on any atom is -0.343 e. The van der Waals surface area contributed by atoms with E-state index < -0.39 is 47.2 Å². The van der Waals surface area contributed by atoms with Crippen molar-refractivity contribution in [3.63, 3.8) is 0 Å². The second-order valence-corrected chi connectivity index (χ2v) is 13.7. The lowest BCUT2D eigenvalue weighted by molar-refractivity contribution is -0.137. The van der Waals surface area contributed by atoms with Gasteiger partial charge < -0.3 is 4.90 Å². The molecule has 1 aliphatic heterocycles. The van der Waals surface area contributed by atoms with Crippen molar-refractivity contribution in [3.8, 4) is 0 Å². The number of piperidine rings is 1. The van der Waals surface area contributed by atoms with Gasteiger partial charge in [-0.3, -0.25) is 4.79 Å². The van der Waals surface area contributed by atoms with E-state index in [4.69, 9.17) is 5.14 Å². The average molecular weight is 633 g/mol. The first-order valence-corrected chi connectivity index (χ1v) is 16.0. The maximum atomic E-state index is 14.4. The average Bonchev–Trinajstić information content (AvgIpc) is 3.31. The number of likely N-dealkylation sites (tertiary alicyclic amines) is 1. The number of amides is 1. The number of alkyl halides is 3. The molecule has 1 aliphatic rings. The molecule has 0 unspecified atom stereocenters. The summed E-state index contributed by atoms with van der Waals surface area (Å²) in [5.41, 5.74) is 0.00714. The van der Waals surface area contributed by atoms with Crippen molar-refractivity contribution in [2.24, 2.45) is 11.1 Å². The van der Waals surface area contributed by atoms with Gasteiger partial charge in [0.1, 0.15) is 10.7 Å². The number of halogens is 4. The van der Waals surface area contributed by atoms with Gasteiger partial charge in [-0.15, -0.1) is 10.2 Å². The summed E-state index contributed by atoms with van der Waals surface area (Å²) < 4.78 is 103. The van der Waals surface area contributed by atoms with E-state index >= 15 is 0 Å². The van der Waals surface area contributed by atoms with Crippen LogP contribution in [0.4, 0.5) is 17.6 Å².